The van der Waals surface area contributed by atoms with Gasteiger partial charge in [0.15, 0.2) is 0 Å². The molecule has 0 aliphatic heterocycles. The van der Waals surface area contributed by atoms with Gasteiger partial charge in [-0.1, -0.05) is 0 Å². The highest BCUT2D eigenvalue weighted by molar-refractivity contribution is 5.88. The van der Waals surface area contributed by atoms with Gasteiger partial charge in [0.25, 0.3) is 0 Å². The van der Waals surface area contributed by atoms with Crippen molar-refractivity contribution >= 4 is 17.5 Å². The van der Waals surface area contributed by atoms with Gasteiger partial charge >= 0.3 is 5.97 Å². The normalized spacial score (nSPS) is 10.3. The van der Waals surface area contributed by atoms with Crippen LogP contribution in [0.5, 0.6) is 0 Å². The Bertz CT molecular complexity index is 641. The van der Waals surface area contributed by atoms with Crippen LogP contribution >= 0.6 is 0 Å². The molecule has 0 radical (unpaired) electrons. The predicted octanol–water partition coefficient (Wildman–Crippen LogP) is 3.28. The molecule has 0 saturated carbocycles. The highest BCUT2D eigenvalue weighted by Gasteiger charge is 2.07. The molecule has 1 aromatic carbocycles. The molecule has 0 fully saturated rings. The van der Waals surface area contributed by atoms with Crippen molar-refractivity contribution in [2.45, 2.75) is 13.8 Å². The molecule has 0 unspecified atom stereocenters. The van der Waals surface area contributed by atoms with E-state index in [0.29, 0.717) is 22.8 Å². The van der Waals surface area contributed by atoms with Crippen LogP contribution in [0, 0.1) is 19.7 Å². The molecule has 1 heterocycles. The average Bonchev–Trinajstić information content (AvgIpc) is 2.33. The Morgan fingerprint density at radius 2 is 2.00 bits per heavy atom. The largest absolute Gasteiger partial charge is 0.478 e. The first-order valence-corrected chi connectivity index (χ1v) is 5.71. The molecular weight excluding hydrogens is 247 g/mol. The molecule has 0 atom stereocenters. The fourth-order valence-electron chi connectivity index (χ4n) is 1.73. The summed E-state index contributed by atoms with van der Waals surface area (Å²) in [6.07, 6.45) is 0. The number of rotatable bonds is 3. The van der Waals surface area contributed by atoms with E-state index in [9.17, 15) is 9.18 Å². The van der Waals surface area contributed by atoms with Crippen molar-refractivity contribution in [3.8, 4) is 0 Å². The molecule has 0 aliphatic rings. The van der Waals surface area contributed by atoms with Crippen LogP contribution in [-0.4, -0.2) is 16.1 Å². The lowest BCUT2D eigenvalue weighted by atomic mass is 10.2. The first-order valence-electron chi connectivity index (χ1n) is 5.71. The van der Waals surface area contributed by atoms with E-state index in [1.807, 2.05) is 0 Å². The standard InChI is InChI=1S/C14H13FN2O2/c1-8-5-11(3-4-12(8)15)17-13-7-10(14(18)19)6-9(2)16-13/h3-7H,1-2H3,(H,16,17)(H,18,19). The summed E-state index contributed by atoms with van der Waals surface area (Å²) >= 11 is 0. The van der Waals surface area contributed by atoms with Crippen molar-refractivity contribution in [1.82, 2.24) is 4.98 Å². The molecule has 2 aromatic rings. The van der Waals surface area contributed by atoms with Crippen LogP contribution in [0.1, 0.15) is 21.6 Å². The average molecular weight is 260 g/mol. The third-order valence-electron chi connectivity index (χ3n) is 2.63. The number of pyridine rings is 1. The highest BCUT2D eigenvalue weighted by Crippen LogP contribution is 2.19. The summed E-state index contributed by atoms with van der Waals surface area (Å²) in [4.78, 5) is 15.1. The van der Waals surface area contributed by atoms with E-state index in [1.54, 1.807) is 26.0 Å². The molecule has 0 spiro atoms. The topological polar surface area (TPSA) is 62.2 Å². The Morgan fingerprint density at radius 1 is 1.26 bits per heavy atom. The summed E-state index contributed by atoms with van der Waals surface area (Å²) in [6.45, 7) is 3.38. The van der Waals surface area contributed by atoms with Crippen LogP contribution in [0.15, 0.2) is 30.3 Å². The molecule has 2 N–H and O–H groups in total. The molecule has 5 heteroatoms. The van der Waals surface area contributed by atoms with Crippen molar-refractivity contribution in [2.75, 3.05) is 5.32 Å². The zero-order chi connectivity index (χ0) is 14.0. The van der Waals surface area contributed by atoms with Gasteiger partial charge in [-0.15, -0.1) is 0 Å². The molecule has 2 rings (SSSR count). The Labute approximate surface area is 109 Å². The lowest BCUT2D eigenvalue weighted by molar-refractivity contribution is 0.0696. The summed E-state index contributed by atoms with van der Waals surface area (Å²) in [6, 6.07) is 7.50. The quantitative estimate of drug-likeness (QED) is 0.889. The van der Waals surface area contributed by atoms with Gasteiger partial charge in [-0.05, 0) is 49.7 Å². The first-order chi connectivity index (χ1) is 8.95. The summed E-state index contributed by atoms with van der Waals surface area (Å²) in [5.74, 6) is -0.874. The molecule has 0 aliphatic carbocycles. The van der Waals surface area contributed by atoms with E-state index in [2.05, 4.69) is 10.3 Å². The number of carboxylic acid groups (broad SMARTS) is 1. The van der Waals surface area contributed by atoms with E-state index >= 15 is 0 Å². The van der Waals surface area contributed by atoms with Gasteiger partial charge in [0, 0.05) is 11.4 Å². The molecule has 98 valence electrons. The van der Waals surface area contributed by atoms with E-state index in [1.165, 1.54) is 18.2 Å². The number of aryl methyl sites for hydroxylation is 2. The van der Waals surface area contributed by atoms with Crippen molar-refractivity contribution < 1.29 is 14.3 Å². The second kappa shape index (κ2) is 5.06. The summed E-state index contributed by atoms with van der Waals surface area (Å²) in [7, 11) is 0. The van der Waals surface area contributed by atoms with Crippen LogP contribution in [0.25, 0.3) is 0 Å². The molecule has 0 saturated heterocycles. The first kappa shape index (κ1) is 13.0. The van der Waals surface area contributed by atoms with Gasteiger partial charge in [-0.2, -0.15) is 0 Å². The number of anilines is 2. The fourth-order valence-corrected chi connectivity index (χ4v) is 1.73. The zero-order valence-electron chi connectivity index (χ0n) is 10.6. The second-order valence-corrected chi connectivity index (χ2v) is 4.28. The summed E-state index contributed by atoms with van der Waals surface area (Å²) in [5, 5.41) is 11.9. The predicted molar refractivity (Wildman–Crippen MR) is 70.4 cm³/mol. The van der Waals surface area contributed by atoms with Crippen molar-refractivity contribution in [3.63, 3.8) is 0 Å². The van der Waals surface area contributed by atoms with Crippen LogP contribution in [-0.2, 0) is 0 Å². The minimum absolute atomic E-state index is 0.161. The number of carbonyl (C=O) groups is 1. The number of aromatic carboxylic acids is 1. The van der Waals surface area contributed by atoms with Gasteiger partial charge in [-0.25, -0.2) is 14.2 Å². The van der Waals surface area contributed by atoms with Gasteiger partial charge in [0.1, 0.15) is 11.6 Å². The number of aromatic nitrogens is 1. The van der Waals surface area contributed by atoms with Gasteiger partial charge in [0.05, 0.1) is 5.56 Å². The number of hydrogen-bond donors (Lipinski definition) is 2. The molecule has 1 aromatic heterocycles. The molecule has 0 bridgehead atoms. The number of hydrogen-bond acceptors (Lipinski definition) is 3. The minimum atomic E-state index is -1.01. The maximum absolute atomic E-state index is 13.2. The van der Waals surface area contributed by atoms with Crippen molar-refractivity contribution in [2.24, 2.45) is 0 Å². The van der Waals surface area contributed by atoms with Crippen molar-refractivity contribution in [1.29, 1.82) is 0 Å². The number of halogens is 1. The van der Waals surface area contributed by atoms with Crippen molar-refractivity contribution in [3.05, 3.63) is 53.0 Å². The SMILES string of the molecule is Cc1cc(C(=O)O)cc(Nc2ccc(F)c(C)c2)n1. The Morgan fingerprint density at radius 3 is 2.63 bits per heavy atom. The molecule has 19 heavy (non-hydrogen) atoms. The number of benzene rings is 1. The van der Waals surface area contributed by atoms with E-state index in [-0.39, 0.29) is 11.4 Å². The fraction of sp³-hybridized carbons (Fsp3) is 0.143. The van der Waals surface area contributed by atoms with E-state index < -0.39 is 5.97 Å². The van der Waals surface area contributed by atoms with Gasteiger partial charge in [0.2, 0.25) is 0 Å². The van der Waals surface area contributed by atoms with Gasteiger partial charge < -0.3 is 10.4 Å². The number of nitrogens with one attached hydrogen (secondary N) is 1. The third kappa shape index (κ3) is 3.07. The highest BCUT2D eigenvalue weighted by atomic mass is 19.1. The molecular formula is C14H13FN2O2. The third-order valence-corrected chi connectivity index (χ3v) is 2.63. The monoisotopic (exact) mass is 260 g/mol. The van der Waals surface area contributed by atoms with Crippen LogP contribution < -0.4 is 5.32 Å². The summed E-state index contributed by atoms with van der Waals surface area (Å²) in [5.41, 5.74) is 1.93. The number of carboxylic acids is 1. The van der Waals surface area contributed by atoms with Crippen LogP contribution in [0.4, 0.5) is 15.9 Å². The van der Waals surface area contributed by atoms with E-state index in [0.717, 1.165) is 0 Å². The van der Waals surface area contributed by atoms with Crippen LogP contribution in [0.3, 0.4) is 0 Å². The number of nitrogens with zero attached hydrogens (tertiary/aromatic N) is 1. The lowest BCUT2D eigenvalue weighted by Crippen LogP contribution is -2.02. The second-order valence-electron chi connectivity index (χ2n) is 4.28. The molecule has 4 nitrogen and oxygen atoms in total. The Hall–Kier alpha value is -2.43. The Balaban J connectivity index is 2.32. The maximum Gasteiger partial charge on any atom is 0.335 e. The maximum atomic E-state index is 13.2. The van der Waals surface area contributed by atoms with Crippen LogP contribution in [0.2, 0.25) is 0 Å². The Kier molecular flexibility index (Phi) is 3.46. The minimum Gasteiger partial charge on any atom is -0.478 e. The van der Waals surface area contributed by atoms with E-state index in [4.69, 9.17) is 5.11 Å². The lowest BCUT2D eigenvalue weighted by Gasteiger charge is -2.08. The van der Waals surface area contributed by atoms with Gasteiger partial charge in [-0.3, -0.25) is 0 Å². The smallest absolute Gasteiger partial charge is 0.335 e. The molecule has 0 amide bonds. The summed E-state index contributed by atoms with van der Waals surface area (Å²) < 4.78 is 13.2. The zero-order valence-corrected chi connectivity index (χ0v) is 10.6.